The lowest BCUT2D eigenvalue weighted by molar-refractivity contribution is -0.143. The predicted molar refractivity (Wildman–Crippen MR) is 88.1 cm³/mol. The van der Waals surface area contributed by atoms with Crippen LogP contribution in [0.5, 0.6) is 0 Å². The van der Waals surface area contributed by atoms with Gasteiger partial charge in [0.2, 0.25) is 0 Å². The van der Waals surface area contributed by atoms with E-state index in [0.717, 1.165) is 0 Å². The van der Waals surface area contributed by atoms with Crippen LogP contribution in [0.15, 0.2) is 18.2 Å². The Balaban J connectivity index is 0.000000561. The monoisotopic (exact) mass is 420 g/mol. The van der Waals surface area contributed by atoms with Crippen molar-refractivity contribution in [3.8, 4) is 0 Å². The molecule has 0 aromatic heterocycles. The third-order valence-electron chi connectivity index (χ3n) is 3.26. The Morgan fingerprint density at radius 1 is 0.708 bits per heavy atom. The number of unbranched alkanes of at least 4 members (excludes halogenated alkanes) is 5. The van der Waals surface area contributed by atoms with Gasteiger partial charge >= 0.3 is 12.4 Å². The van der Waals surface area contributed by atoms with E-state index in [1.54, 1.807) is 0 Å². The molecule has 0 spiro atoms. The highest BCUT2D eigenvalue weighted by molar-refractivity contribution is 9.08. The minimum absolute atomic E-state index is 0.0675. The molecule has 7 heteroatoms. The van der Waals surface area contributed by atoms with Crippen molar-refractivity contribution in [3.63, 3.8) is 0 Å². The highest BCUT2D eigenvalue weighted by Crippen LogP contribution is 2.36. The van der Waals surface area contributed by atoms with Crippen LogP contribution in [-0.2, 0) is 17.7 Å². The van der Waals surface area contributed by atoms with Crippen molar-refractivity contribution in [1.82, 2.24) is 0 Å². The zero-order chi connectivity index (χ0) is 18.8. The van der Waals surface area contributed by atoms with Gasteiger partial charge in [0.25, 0.3) is 0 Å². The summed E-state index contributed by atoms with van der Waals surface area (Å²) in [7, 11) is 0. The normalized spacial score (nSPS) is 11.9. The van der Waals surface area contributed by atoms with Crippen molar-refractivity contribution in [2.75, 3.05) is 0 Å². The molecule has 0 heterocycles. The van der Waals surface area contributed by atoms with E-state index in [4.69, 9.17) is 0 Å². The summed E-state index contributed by atoms with van der Waals surface area (Å²) in [5, 5.41) is -0.0694. The summed E-state index contributed by atoms with van der Waals surface area (Å²) < 4.78 is 73.7. The number of halogens is 7. The SMILES string of the molecule is CCCCCCCC.FC(F)(F)c1cc(CBr)cc(C(F)(F)F)c1. The smallest absolute Gasteiger partial charge is 0.166 e. The van der Waals surface area contributed by atoms with Crippen LogP contribution in [-0.4, -0.2) is 0 Å². The molecule has 140 valence electrons. The molecule has 0 aliphatic carbocycles. The van der Waals surface area contributed by atoms with E-state index >= 15 is 0 Å². The number of alkyl halides is 7. The maximum absolute atomic E-state index is 12.3. The molecule has 0 saturated carbocycles. The Kier molecular flexibility index (Phi) is 10.7. The van der Waals surface area contributed by atoms with E-state index in [1.807, 2.05) is 0 Å². The van der Waals surface area contributed by atoms with Gasteiger partial charge in [-0.25, -0.2) is 0 Å². The van der Waals surface area contributed by atoms with E-state index in [9.17, 15) is 26.3 Å². The van der Waals surface area contributed by atoms with E-state index in [-0.39, 0.29) is 17.0 Å². The summed E-state index contributed by atoms with van der Waals surface area (Å²) in [6.45, 7) is 4.51. The number of benzene rings is 1. The van der Waals surface area contributed by atoms with Crippen LogP contribution >= 0.6 is 15.9 Å². The molecule has 0 amide bonds. The molecule has 0 saturated heterocycles. The quantitative estimate of drug-likeness (QED) is 0.248. The van der Waals surface area contributed by atoms with Crippen LogP contribution in [0.2, 0.25) is 0 Å². The fourth-order valence-corrected chi connectivity index (χ4v) is 2.27. The fraction of sp³-hybridized carbons (Fsp3) is 0.647. The van der Waals surface area contributed by atoms with Gasteiger partial charge in [-0.1, -0.05) is 68.3 Å². The highest BCUT2D eigenvalue weighted by atomic mass is 79.9. The zero-order valence-electron chi connectivity index (χ0n) is 13.8. The van der Waals surface area contributed by atoms with E-state index in [2.05, 4.69) is 29.8 Å². The number of hydrogen-bond acceptors (Lipinski definition) is 0. The van der Waals surface area contributed by atoms with Crippen molar-refractivity contribution in [2.24, 2.45) is 0 Å². The second-order valence-corrected chi connectivity index (χ2v) is 6.02. The van der Waals surface area contributed by atoms with Gasteiger partial charge in [0, 0.05) is 5.33 Å². The first kappa shape index (κ1) is 23.3. The van der Waals surface area contributed by atoms with Gasteiger partial charge < -0.3 is 0 Å². The van der Waals surface area contributed by atoms with E-state index in [1.165, 1.54) is 38.5 Å². The van der Waals surface area contributed by atoms with E-state index in [0.29, 0.717) is 12.1 Å². The lowest BCUT2D eigenvalue weighted by Gasteiger charge is -2.13. The molecule has 0 aliphatic heterocycles. The van der Waals surface area contributed by atoms with Crippen LogP contribution in [0.25, 0.3) is 0 Å². The van der Waals surface area contributed by atoms with Crippen LogP contribution < -0.4 is 0 Å². The molecule has 0 atom stereocenters. The topological polar surface area (TPSA) is 0 Å². The van der Waals surface area contributed by atoms with Gasteiger partial charge in [-0.15, -0.1) is 0 Å². The molecule has 24 heavy (non-hydrogen) atoms. The molecule has 0 bridgehead atoms. The minimum Gasteiger partial charge on any atom is -0.166 e. The third kappa shape index (κ3) is 9.55. The van der Waals surface area contributed by atoms with Gasteiger partial charge in [-0.05, 0) is 23.8 Å². The van der Waals surface area contributed by atoms with E-state index < -0.39 is 23.5 Å². The predicted octanol–water partition coefficient (Wildman–Crippen LogP) is 7.99. The lowest BCUT2D eigenvalue weighted by Crippen LogP contribution is -2.11. The number of hydrogen-bond donors (Lipinski definition) is 0. The highest BCUT2D eigenvalue weighted by Gasteiger charge is 2.36. The molecule has 0 N–H and O–H groups in total. The molecular weight excluding hydrogens is 398 g/mol. The molecule has 0 aliphatic rings. The Morgan fingerprint density at radius 2 is 1.08 bits per heavy atom. The van der Waals surface area contributed by atoms with Gasteiger partial charge in [-0.2, -0.15) is 26.3 Å². The Labute approximate surface area is 147 Å². The zero-order valence-corrected chi connectivity index (χ0v) is 15.4. The van der Waals surface area contributed by atoms with Crippen molar-refractivity contribution in [1.29, 1.82) is 0 Å². The second kappa shape index (κ2) is 11.0. The van der Waals surface area contributed by atoms with Gasteiger partial charge in [0.05, 0.1) is 11.1 Å². The standard InChI is InChI=1S/C9H5BrF6.C8H18/c10-4-5-1-6(8(11,12)13)3-7(2-5)9(14,15)16;1-3-5-7-8-6-4-2/h1-3H,4H2;3-8H2,1-2H3. The lowest BCUT2D eigenvalue weighted by atomic mass is 10.1. The van der Waals surface area contributed by atoms with Crippen LogP contribution in [0.1, 0.15) is 69.1 Å². The fourth-order valence-electron chi connectivity index (χ4n) is 1.95. The van der Waals surface area contributed by atoms with Gasteiger partial charge in [-0.3, -0.25) is 0 Å². The molecule has 1 rings (SSSR count). The first-order chi connectivity index (χ1) is 11.1. The first-order valence-corrected chi connectivity index (χ1v) is 9.02. The summed E-state index contributed by atoms with van der Waals surface area (Å²) in [5.74, 6) is 0. The molecule has 1 aromatic rings. The molecule has 0 radical (unpaired) electrons. The summed E-state index contributed by atoms with van der Waals surface area (Å²) >= 11 is 2.82. The first-order valence-electron chi connectivity index (χ1n) is 7.90. The Hall–Kier alpha value is -0.720. The largest absolute Gasteiger partial charge is 0.416 e. The summed E-state index contributed by atoms with van der Waals surface area (Å²) in [5.41, 5.74) is -2.66. The maximum atomic E-state index is 12.3. The van der Waals surface area contributed by atoms with Crippen molar-refractivity contribution < 1.29 is 26.3 Å². The molecule has 1 aromatic carbocycles. The molecule has 0 fully saturated rings. The Bertz CT molecular complexity index is 427. The van der Waals surface area contributed by atoms with Crippen LogP contribution in [0.4, 0.5) is 26.3 Å². The maximum Gasteiger partial charge on any atom is 0.416 e. The molecule has 0 unspecified atom stereocenters. The molecule has 0 nitrogen and oxygen atoms in total. The van der Waals surface area contributed by atoms with Crippen molar-refractivity contribution in [3.05, 3.63) is 34.9 Å². The van der Waals surface area contributed by atoms with Crippen LogP contribution in [0, 0.1) is 0 Å². The van der Waals surface area contributed by atoms with Gasteiger partial charge in [0.15, 0.2) is 0 Å². The minimum atomic E-state index is -4.78. The average molecular weight is 421 g/mol. The summed E-state index contributed by atoms with van der Waals surface area (Å²) in [6, 6.07) is 1.47. The Morgan fingerprint density at radius 3 is 1.33 bits per heavy atom. The average Bonchev–Trinajstić information content (AvgIpc) is 2.50. The van der Waals surface area contributed by atoms with Gasteiger partial charge in [0.1, 0.15) is 0 Å². The second-order valence-electron chi connectivity index (χ2n) is 5.46. The number of rotatable bonds is 6. The van der Waals surface area contributed by atoms with Crippen LogP contribution in [0.3, 0.4) is 0 Å². The van der Waals surface area contributed by atoms with Crippen molar-refractivity contribution in [2.45, 2.75) is 70.1 Å². The molecular formula is C17H23BrF6. The summed E-state index contributed by atoms with van der Waals surface area (Å²) in [4.78, 5) is 0. The van der Waals surface area contributed by atoms with Crippen molar-refractivity contribution >= 4 is 15.9 Å². The third-order valence-corrected chi connectivity index (χ3v) is 3.91. The summed E-state index contributed by atoms with van der Waals surface area (Å²) in [6.07, 6.45) is -1.07.